The van der Waals surface area contributed by atoms with E-state index in [9.17, 15) is 9.59 Å². The van der Waals surface area contributed by atoms with Crippen LogP contribution in [0.5, 0.6) is 0 Å². The first kappa shape index (κ1) is 11.0. The summed E-state index contributed by atoms with van der Waals surface area (Å²) in [7, 11) is 0. The molecule has 14 heavy (non-hydrogen) atoms. The van der Waals surface area contributed by atoms with Crippen molar-refractivity contribution in [3.05, 3.63) is 0 Å². The van der Waals surface area contributed by atoms with Gasteiger partial charge in [0.25, 0.3) is 0 Å². The van der Waals surface area contributed by atoms with Crippen molar-refractivity contribution in [1.82, 2.24) is 10.6 Å². The van der Waals surface area contributed by atoms with Crippen molar-refractivity contribution < 1.29 is 9.59 Å². The van der Waals surface area contributed by atoms with E-state index in [0.717, 1.165) is 19.3 Å². The van der Waals surface area contributed by atoms with Gasteiger partial charge in [-0.15, -0.1) is 0 Å². The fourth-order valence-electron chi connectivity index (χ4n) is 1.49. The standard InChI is InChI=1S/C9H17N3O2/c1-2-3-4-6-9(14)12-7(5-11-6)8(10)13/h6-7,11H,2-5H2,1H3,(H2,10,13)(H,12,14)/t6-,7+/m0/s1. The van der Waals surface area contributed by atoms with E-state index >= 15 is 0 Å². The van der Waals surface area contributed by atoms with Gasteiger partial charge in [-0.1, -0.05) is 19.8 Å². The van der Waals surface area contributed by atoms with Crippen molar-refractivity contribution in [2.75, 3.05) is 6.54 Å². The number of unbranched alkanes of at least 4 members (excludes halogenated alkanes) is 1. The van der Waals surface area contributed by atoms with Gasteiger partial charge < -0.3 is 16.4 Å². The lowest BCUT2D eigenvalue weighted by Crippen LogP contribution is -2.62. The van der Waals surface area contributed by atoms with Gasteiger partial charge in [0.1, 0.15) is 6.04 Å². The Balaban J connectivity index is 2.40. The molecule has 1 fully saturated rings. The zero-order chi connectivity index (χ0) is 10.6. The molecule has 0 aromatic heterocycles. The van der Waals surface area contributed by atoms with Gasteiger partial charge in [0.15, 0.2) is 0 Å². The van der Waals surface area contributed by atoms with Crippen molar-refractivity contribution in [2.24, 2.45) is 5.73 Å². The SMILES string of the molecule is CCCC[C@@H]1NC[C@H](C(N)=O)NC1=O. The van der Waals surface area contributed by atoms with Crippen LogP contribution in [0.2, 0.25) is 0 Å². The van der Waals surface area contributed by atoms with Crippen molar-refractivity contribution in [3.8, 4) is 0 Å². The maximum atomic E-state index is 11.4. The molecule has 5 nitrogen and oxygen atoms in total. The van der Waals surface area contributed by atoms with E-state index in [2.05, 4.69) is 17.6 Å². The molecule has 0 aromatic carbocycles. The van der Waals surface area contributed by atoms with E-state index in [1.807, 2.05) is 0 Å². The normalized spacial score (nSPS) is 27.1. The highest BCUT2D eigenvalue weighted by molar-refractivity contribution is 5.90. The number of primary amides is 1. The summed E-state index contributed by atoms with van der Waals surface area (Å²) in [5.74, 6) is -0.603. The molecule has 2 atom stereocenters. The molecule has 0 bridgehead atoms. The van der Waals surface area contributed by atoms with Crippen LogP contribution in [0, 0.1) is 0 Å². The van der Waals surface area contributed by atoms with Crippen LogP contribution in [0.15, 0.2) is 0 Å². The molecule has 1 aliphatic rings. The van der Waals surface area contributed by atoms with Gasteiger partial charge in [0.05, 0.1) is 6.04 Å². The lowest BCUT2D eigenvalue weighted by atomic mass is 10.1. The molecule has 2 amide bonds. The van der Waals surface area contributed by atoms with E-state index in [-0.39, 0.29) is 11.9 Å². The molecule has 5 heteroatoms. The number of carbonyl (C=O) groups is 2. The average Bonchev–Trinajstić information content (AvgIpc) is 2.15. The van der Waals surface area contributed by atoms with Crippen LogP contribution in [0.3, 0.4) is 0 Å². The Morgan fingerprint density at radius 3 is 2.86 bits per heavy atom. The molecule has 0 spiro atoms. The number of nitrogens with two attached hydrogens (primary N) is 1. The van der Waals surface area contributed by atoms with E-state index in [4.69, 9.17) is 5.73 Å². The highest BCUT2D eigenvalue weighted by Crippen LogP contribution is 2.04. The van der Waals surface area contributed by atoms with Gasteiger partial charge in [-0.25, -0.2) is 0 Å². The third-order valence-corrected chi connectivity index (χ3v) is 2.39. The van der Waals surface area contributed by atoms with Gasteiger partial charge in [-0.2, -0.15) is 0 Å². The fraction of sp³-hybridized carbons (Fsp3) is 0.778. The number of rotatable bonds is 4. The molecule has 1 heterocycles. The smallest absolute Gasteiger partial charge is 0.241 e. The van der Waals surface area contributed by atoms with Gasteiger partial charge >= 0.3 is 0 Å². The molecule has 0 saturated carbocycles. The second-order valence-corrected chi connectivity index (χ2v) is 3.57. The van der Waals surface area contributed by atoms with Crippen molar-refractivity contribution in [2.45, 2.75) is 38.3 Å². The van der Waals surface area contributed by atoms with Crippen molar-refractivity contribution >= 4 is 11.8 Å². The van der Waals surface area contributed by atoms with Crippen molar-refractivity contribution in [3.63, 3.8) is 0 Å². The second kappa shape index (κ2) is 4.95. The first-order valence-corrected chi connectivity index (χ1v) is 4.98. The molecule has 0 radical (unpaired) electrons. The second-order valence-electron chi connectivity index (χ2n) is 3.57. The fourth-order valence-corrected chi connectivity index (χ4v) is 1.49. The summed E-state index contributed by atoms with van der Waals surface area (Å²) in [5.41, 5.74) is 5.08. The summed E-state index contributed by atoms with van der Waals surface area (Å²) in [6.45, 7) is 2.52. The zero-order valence-electron chi connectivity index (χ0n) is 8.38. The van der Waals surface area contributed by atoms with Gasteiger partial charge in [0.2, 0.25) is 11.8 Å². The lowest BCUT2D eigenvalue weighted by molar-refractivity contribution is -0.130. The van der Waals surface area contributed by atoms with Crippen LogP contribution in [0.1, 0.15) is 26.2 Å². The average molecular weight is 199 g/mol. The number of hydrogen-bond acceptors (Lipinski definition) is 3. The predicted molar refractivity (Wildman–Crippen MR) is 52.4 cm³/mol. The van der Waals surface area contributed by atoms with E-state index < -0.39 is 11.9 Å². The molecule has 0 aromatic rings. The van der Waals surface area contributed by atoms with E-state index in [0.29, 0.717) is 6.54 Å². The van der Waals surface area contributed by atoms with Crippen molar-refractivity contribution in [1.29, 1.82) is 0 Å². The lowest BCUT2D eigenvalue weighted by Gasteiger charge is -2.28. The molecule has 80 valence electrons. The van der Waals surface area contributed by atoms with E-state index in [1.165, 1.54) is 0 Å². The Morgan fingerprint density at radius 1 is 1.64 bits per heavy atom. The first-order chi connectivity index (χ1) is 6.65. The first-order valence-electron chi connectivity index (χ1n) is 4.98. The molecular weight excluding hydrogens is 182 g/mol. The van der Waals surface area contributed by atoms with Gasteiger partial charge in [-0.05, 0) is 6.42 Å². The van der Waals surface area contributed by atoms with Crippen LogP contribution in [0.4, 0.5) is 0 Å². The van der Waals surface area contributed by atoms with Crippen LogP contribution in [0.25, 0.3) is 0 Å². The Bertz CT molecular complexity index is 230. The summed E-state index contributed by atoms with van der Waals surface area (Å²) in [5, 5.41) is 5.62. The summed E-state index contributed by atoms with van der Waals surface area (Å²) < 4.78 is 0. The van der Waals surface area contributed by atoms with E-state index in [1.54, 1.807) is 0 Å². The van der Waals surface area contributed by atoms with Crippen LogP contribution in [-0.4, -0.2) is 30.4 Å². The van der Waals surface area contributed by atoms with Crippen LogP contribution < -0.4 is 16.4 Å². The molecule has 1 saturated heterocycles. The maximum Gasteiger partial charge on any atom is 0.241 e. The summed E-state index contributed by atoms with van der Waals surface area (Å²) in [6.07, 6.45) is 2.88. The number of nitrogens with one attached hydrogen (secondary N) is 2. The molecule has 0 aliphatic carbocycles. The van der Waals surface area contributed by atoms with Gasteiger partial charge in [-0.3, -0.25) is 9.59 Å². The summed E-state index contributed by atoms with van der Waals surface area (Å²) in [6, 6.07) is -0.717. The zero-order valence-corrected chi connectivity index (χ0v) is 8.38. The topological polar surface area (TPSA) is 84.2 Å². The molecule has 0 unspecified atom stereocenters. The van der Waals surface area contributed by atoms with Crippen LogP contribution >= 0.6 is 0 Å². The minimum Gasteiger partial charge on any atom is -0.368 e. The summed E-state index contributed by atoms with van der Waals surface area (Å²) in [4.78, 5) is 22.2. The number of hydrogen-bond donors (Lipinski definition) is 3. The molecule has 1 rings (SSSR count). The number of carbonyl (C=O) groups excluding carboxylic acids is 2. The molecule has 4 N–H and O–H groups in total. The minimum atomic E-state index is -0.555. The highest BCUT2D eigenvalue weighted by Gasteiger charge is 2.29. The monoisotopic (exact) mass is 199 g/mol. The Kier molecular flexibility index (Phi) is 3.88. The Morgan fingerprint density at radius 2 is 2.36 bits per heavy atom. The largest absolute Gasteiger partial charge is 0.368 e. The minimum absolute atomic E-state index is 0.117. The summed E-state index contributed by atoms with van der Waals surface area (Å²) >= 11 is 0. The Hall–Kier alpha value is -1.10. The third kappa shape index (κ3) is 2.70. The maximum absolute atomic E-state index is 11.4. The molecule has 1 aliphatic heterocycles. The third-order valence-electron chi connectivity index (χ3n) is 2.39. The highest BCUT2D eigenvalue weighted by atomic mass is 16.2. The quantitative estimate of drug-likeness (QED) is 0.549. The predicted octanol–water partition coefficient (Wildman–Crippen LogP) is -0.881. The van der Waals surface area contributed by atoms with Gasteiger partial charge in [0, 0.05) is 6.54 Å². The number of amides is 2. The van der Waals surface area contributed by atoms with Crippen LogP contribution in [-0.2, 0) is 9.59 Å². The Labute approximate surface area is 83.4 Å². The number of piperazine rings is 1. The molecular formula is C9H17N3O2.